The second kappa shape index (κ2) is 3.89. The topological polar surface area (TPSA) is 22.0 Å². The summed E-state index contributed by atoms with van der Waals surface area (Å²) >= 11 is 0. The lowest BCUT2D eigenvalue weighted by atomic mass is 10.2. The van der Waals surface area contributed by atoms with Gasteiger partial charge in [-0.1, -0.05) is 18.2 Å². The van der Waals surface area contributed by atoms with Crippen molar-refractivity contribution in [3.05, 3.63) is 36.0 Å². The fourth-order valence-corrected chi connectivity index (χ4v) is 1.91. The van der Waals surface area contributed by atoms with Crippen LogP contribution >= 0.6 is 0 Å². The van der Waals surface area contributed by atoms with Crippen molar-refractivity contribution in [1.82, 2.24) is 4.57 Å². The molecule has 0 bridgehead atoms. The number of benzene rings is 1. The summed E-state index contributed by atoms with van der Waals surface area (Å²) in [5.41, 5.74) is 2.44. The molecule has 78 valence electrons. The first kappa shape index (κ1) is 9.97. The fraction of sp³-hybridized carbons (Fsp3) is 0.308. The standard InChI is InChI=1S/C13H15NO/c1-10-9-12-5-3-4-6-13(12)14(10)8-7-11(2)15/h3-6,9H,7-8H2,1-2H3. The van der Waals surface area contributed by atoms with E-state index in [2.05, 4.69) is 29.7 Å². The molecule has 0 amide bonds. The van der Waals surface area contributed by atoms with Gasteiger partial charge in [-0.15, -0.1) is 0 Å². The third-order valence-electron chi connectivity index (χ3n) is 2.71. The molecule has 2 rings (SSSR count). The Kier molecular flexibility index (Phi) is 2.58. The van der Waals surface area contributed by atoms with Crippen LogP contribution in [0.3, 0.4) is 0 Å². The summed E-state index contributed by atoms with van der Waals surface area (Å²) in [5, 5.41) is 1.25. The quantitative estimate of drug-likeness (QED) is 0.748. The number of para-hydroxylation sites is 1. The number of fused-ring (bicyclic) bond motifs is 1. The second-order valence-electron chi connectivity index (χ2n) is 3.95. The Labute approximate surface area is 89.5 Å². The highest BCUT2D eigenvalue weighted by molar-refractivity contribution is 5.81. The van der Waals surface area contributed by atoms with Crippen molar-refractivity contribution in [2.75, 3.05) is 0 Å². The molecule has 2 nitrogen and oxygen atoms in total. The number of hydrogen-bond donors (Lipinski definition) is 0. The summed E-state index contributed by atoms with van der Waals surface area (Å²) < 4.78 is 2.21. The predicted octanol–water partition coefficient (Wildman–Crippen LogP) is 2.93. The molecule has 0 saturated heterocycles. The van der Waals surface area contributed by atoms with Gasteiger partial charge in [-0.2, -0.15) is 0 Å². The third kappa shape index (κ3) is 1.94. The number of carbonyl (C=O) groups is 1. The zero-order chi connectivity index (χ0) is 10.8. The largest absolute Gasteiger partial charge is 0.344 e. The van der Waals surface area contributed by atoms with Gasteiger partial charge in [0.05, 0.1) is 0 Å². The van der Waals surface area contributed by atoms with Crippen molar-refractivity contribution < 1.29 is 4.79 Å². The highest BCUT2D eigenvalue weighted by Gasteiger charge is 2.04. The second-order valence-corrected chi connectivity index (χ2v) is 3.95. The average Bonchev–Trinajstić information content (AvgIpc) is 2.50. The number of aryl methyl sites for hydroxylation is 2. The van der Waals surface area contributed by atoms with Gasteiger partial charge in [-0.3, -0.25) is 4.79 Å². The number of ketones is 1. The maximum Gasteiger partial charge on any atom is 0.131 e. The summed E-state index contributed by atoms with van der Waals surface area (Å²) in [6.45, 7) is 4.51. The lowest BCUT2D eigenvalue weighted by Crippen LogP contribution is -2.03. The number of hydrogen-bond acceptors (Lipinski definition) is 1. The maximum atomic E-state index is 11.0. The van der Waals surface area contributed by atoms with Gasteiger partial charge in [0.2, 0.25) is 0 Å². The summed E-state index contributed by atoms with van der Waals surface area (Å²) in [7, 11) is 0. The molecule has 1 heterocycles. The SMILES string of the molecule is CC(=O)CCn1c(C)cc2ccccc21. The van der Waals surface area contributed by atoms with Crippen molar-refractivity contribution in [3.63, 3.8) is 0 Å². The van der Waals surface area contributed by atoms with Gasteiger partial charge in [-0.05, 0) is 31.4 Å². The first-order valence-electron chi connectivity index (χ1n) is 5.23. The Morgan fingerprint density at radius 3 is 2.80 bits per heavy atom. The van der Waals surface area contributed by atoms with Crippen LogP contribution in [-0.2, 0) is 11.3 Å². The van der Waals surface area contributed by atoms with Gasteiger partial charge in [0, 0.05) is 24.2 Å². The third-order valence-corrected chi connectivity index (χ3v) is 2.71. The number of carbonyl (C=O) groups excluding carboxylic acids is 1. The van der Waals surface area contributed by atoms with E-state index in [-0.39, 0.29) is 5.78 Å². The minimum atomic E-state index is 0.243. The van der Waals surface area contributed by atoms with E-state index < -0.39 is 0 Å². The van der Waals surface area contributed by atoms with E-state index in [0.29, 0.717) is 6.42 Å². The highest BCUT2D eigenvalue weighted by atomic mass is 16.1. The molecule has 0 saturated carbocycles. The molecule has 2 heteroatoms. The summed E-state index contributed by atoms with van der Waals surface area (Å²) in [5.74, 6) is 0.243. The van der Waals surface area contributed by atoms with Gasteiger partial charge in [0.15, 0.2) is 0 Å². The molecule has 0 atom stereocenters. The van der Waals surface area contributed by atoms with Crippen molar-refractivity contribution in [3.8, 4) is 0 Å². The molecular formula is C13H15NO. The summed E-state index contributed by atoms with van der Waals surface area (Å²) in [6, 6.07) is 10.4. The summed E-state index contributed by atoms with van der Waals surface area (Å²) in [4.78, 5) is 11.0. The Morgan fingerprint density at radius 1 is 1.33 bits per heavy atom. The van der Waals surface area contributed by atoms with E-state index in [0.717, 1.165) is 6.54 Å². The van der Waals surface area contributed by atoms with Gasteiger partial charge in [-0.25, -0.2) is 0 Å². The van der Waals surface area contributed by atoms with Crippen molar-refractivity contribution in [2.24, 2.45) is 0 Å². The van der Waals surface area contributed by atoms with Gasteiger partial charge in [0.25, 0.3) is 0 Å². The molecule has 0 aliphatic carbocycles. The molecule has 0 aliphatic rings. The van der Waals surface area contributed by atoms with Crippen LogP contribution in [0.5, 0.6) is 0 Å². The van der Waals surface area contributed by atoms with Crippen LogP contribution < -0.4 is 0 Å². The van der Waals surface area contributed by atoms with E-state index >= 15 is 0 Å². The lowest BCUT2D eigenvalue weighted by Gasteiger charge is -2.06. The van der Waals surface area contributed by atoms with Crippen molar-refractivity contribution in [2.45, 2.75) is 26.8 Å². The van der Waals surface area contributed by atoms with Crippen LogP contribution in [0.25, 0.3) is 10.9 Å². The smallest absolute Gasteiger partial charge is 0.131 e. The van der Waals surface area contributed by atoms with E-state index in [1.54, 1.807) is 6.92 Å². The molecule has 0 spiro atoms. The minimum absolute atomic E-state index is 0.243. The first-order valence-corrected chi connectivity index (χ1v) is 5.23. The fourth-order valence-electron chi connectivity index (χ4n) is 1.91. The summed E-state index contributed by atoms with van der Waals surface area (Å²) in [6.07, 6.45) is 0.611. The monoisotopic (exact) mass is 201 g/mol. The predicted molar refractivity (Wildman–Crippen MR) is 62.0 cm³/mol. The van der Waals surface area contributed by atoms with Gasteiger partial charge in [0.1, 0.15) is 5.78 Å². The van der Waals surface area contributed by atoms with Crippen LogP contribution in [-0.4, -0.2) is 10.4 Å². The number of rotatable bonds is 3. The van der Waals surface area contributed by atoms with Crippen LogP contribution in [0.4, 0.5) is 0 Å². The highest BCUT2D eigenvalue weighted by Crippen LogP contribution is 2.19. The van der Waals surface area contributed by atoms with Crippen LogP contribution in [0.1, 0.15) is 19.0 Å². The van der Waals surface area contributed by atoms with Crippen LogP contribution in [0.15, 0.2) is 30.3 Å². The molecule has 0 N–H and O–H groups in total. The number of nitrogens with zero attached hydrogens (tertiary/aromatic N) is 1. The molecular weight excluding hydrogens is 186 g/mol. The molecule has 1 aromatic heterocycles. The van der Waals surface area contributed by atoms with Crippen LogP contribution in [0.2, 0.25) is 0 Å². The molecule has 0 aliphatic heterocycles. The number of Topliss-reactive ketones (excluding diaryl/α,β-unsaturated/α-hetero) is 1. The molecule has 1 aromatic carbocycles. The molecule has 2 aromatic rings. The molecule has 0 radical (unpaired) electrons. The van der Waals surface area contributed by atoms with E-state index in [9.17, 15) is 4.79 Å². The average molecular weight is 201 g/mol. The Morgan fingerprint density at radius 2 is 2.07 bits per heavy atom. The van der Waals surface area contributed by atoms with Crippen LogP contribution in [0, 0.1) is 6.92 Å². The molecule has 15 heavy (non-hydrogen) atoms. The van der Waals surface area contributed by atoms with E-state index in [4.69, 9.17) is 0 Å². The van der Waals surface area contributed by atoms with Crippen molar-refractivity contribution >= 4 is 16.7 Å². The molecule has 0 fully saturated rings. The maximum absolute atomic E-state index is 11.0. The lowest BCUT2D eigenvalue weighted by molar-refractivity contribution is -0.117. The Hall–Kier alpha value is -1.57. The minimum Gasteiger partial charge on any atom is -0.344 e. The van der Waals surface area contributed by atoms with Gasteiger partial charge < -0.3 is 4.57 Å². The first-order chi connectivity index (χ1) is 7.18. The molecule has 0 unspecified atom stereocenters. The Balaban J connectivity index is 2.40. The zero-order valence-corrected chi connectivity index (χ0v) is 9.16. The van der Waals surface area contributed by atoms with Crippen molar-refractivity contribution in [1.29, 1.82) is 0 Å². The number of aromatic nitrogens is 1. The Bertz CT molecular complexity index is 496. The van der Waals surface area contributed by atoms with Gasteiger partial charge >= 0.3 is 0 Å². The van der Waals surface area contributed by atoms with E-state index in [1.807, 2.05) is 12.1 Å². The zero-order valence-electron chi connectivity index (χ0n) is 9.16. The normalized spacial score (nSPS) is 10.8. The van der Waals surface area contributed by atoms with E-state index in [1.165, 1.54) is 16.6 Å².